The summed E-state index contributed by atoms with van der Waals surface area (Å²) in [5, 5.41) is 3.07. The van der Waals surface area contributed by atoms with Crippen LogP contribution in [0.15, 0.2) is 0 Å². The minimum atomic E-state index is -0.0563. The zero-order chi connectivity index (χ0) is 34.3. The van der Waals surface area contributed by atoms with Crippen molar-refractivity contribution in [3.8, 4) is 0 Å². The number of hydrogen-bond donors (Lipinski definition) is 1. The molecule has 0 atom stereocenters. The zero-order valence-electron chi connectivity index (χ0n) is 32.7. The smallest absolute Gasteiger partial charge is 0.305 e. The molecule has 0 radical (unpaired) electrons. The quantitative estimate of drug-likeness (QED) is 0.0512. The fraction of sp³-hybridized carbons (Fsp3) is 0.952. The largest absolute Gasteiger partial charge is 0.464 e. The number of esters is 1. The number of amides is 1. The van der Waals surface area contributed by atoms with Gasteiger partial charge in [0.05, 0.1) is 0 Å². The van der Waals surface area contributed by atoms with Crippen molar-refractivity contribution in [3.05, 3.63) is 0 Å². The van der Waals surface area contributed by atoms with Gasteiger partial charge in [0.15, 0.2) is 0 Å². The van der Waals surface area contributed by atoms with Crippen LogP contribution in [0.25, 0.3) is 0 Å². The number of nitrogens with zero attached hydrogens (tertiary/aromatic N) is 1. The summed E-state index contributed by atoms with van der Waals surface area (Å²) >= 11 is 0. The average Bonchev–Trinajstić information content (AvgIpc) is 3.06. The fourth-order valence-corrected chi connectivity index (χ4v) is 6.46. The van der Waals surface area contributed by atoms with Gasteiger partial charge >= 0.3 is 5.97 Å². The van der Waals surface area contributed by atoms with E-state index in [4.69, 9.17) is 4.74 Å². The van der Waals surface area contributed by atoms with Crippen LogP contribution >= 0.6 is 12.4 Å². The first-order valence-electron chi connectivity index (χ1n) is 21.2. The van der Waals surface area contributed by atoms with Crippen molar-refractivity contribution in [3.63, 3.8) is 0 Å². The number of rotatable bonds is 39. The van der Waals surface area contributed by atoms with E-state index < -0.39 is 0 Å². The highest BCUT2D eigenvalue weighted by Gasteiger charge is 2.06. The van der Waals surface area contributed by atoms with Crippen LogP contribution in [0.5, 0.6) is 0 Å². The summed E-state index contributed by atoms with van der Waals surface area (Å²) in [4.78, 5) is 26.4. The molecule has 0 saturated carbocycles. The number of ether oxygens (including phenoxy) is 1. The minimum absolute atomic E-state index is 0. The van der Waals surface area contributed by atoms with E-state index in [1.165, 1.54) is 173 Å². The molecule has 0 bridgehead atoms. The van der Waals surface area contributed by atoms with E-state index in [-0.39, 0.29) is 24.3 Å². The Balaban J connectivity index is 0. The van der Waals surface area contributed by atoms with Crippen LogP contribution < -0.4 is 5.32 Å². The minimum Gasteiger partial charge on any atom is -0.464 e. The number of hydrogen-bond acceptors (Lipinski definition) is 4. The van der Waals surface area contributed by atoms with Gasteiger partial charge in [-0.05, 0) is 32.9 Å². The van der Waals surface area contributed by atoms with Gasteiger partial charge < -0.3 is 15.0 Å². The first-order valence-corrected chi connectivity index (χ1v) is 21.2. The summed E-state index contributed by atoms with van der Waals surface area (Å²) < 4.78 is 5.45. The molecule has 0 rings (SSSR count). The third-order valence-electron chi connectivity index (χ3n) is 9.77. The van der Waals surface area contributed by atoms with E-state index in [1.54, 1.807) is 0 Å². The Labute approximate surface area is 307 Å². The van der Waals surface area contributed by atoms with Crippen LogP contribution in [0.1, 0.15) is 226 Å². The van der Waals surface area contributed by atoms with Gasteiger partial charge in [0.2, 0.25) is 5.91 Å². The molecule has 0 spiro atoms. The maximum absolute atomic E-state index is 12.1. The van der Waals surface area contributed by atoms with Gasteiger partial charge in [-0.2, -0.15) is 0 Å². The number of carbonyl (C=O) groups excluding carboxylic acids is 2. The van der Waals surface area contributed by atoms with Crippen molar-refractivity contribution in [1.82, 2.24) is 10.2 Å². The second-order valence-electron chi connectivity index (χ2n) is 14.6. The van der Waals surface area contributed by atoms with Gasteiger partial charge in [-0.25, -0.2) is 0 Å². The van der Waals surface area contributed by atoms with E-state index in [0.717, 1.165) is 45.3 Å². The van der Waals surface area contributed by atoms with Crippen molar-refractivity contribution in [2.45, 2.75) is 226 Å². The molecule has 0 aliphatic heterocycles. The summed E-state index contributed by atoms with van der Waals surface area (Å²) in [6, 6.07) is 0. The molecule has 0 saturated heterocycles. The third kappa shape index (κ3) is 41.4. The SMILES string of the molecule is CCCCCCCCCCCCCCCCCC(=O)NCCCN(C)CCOC(=O)CCCCCCCCCCCCCCCCC.Cl. The van der Waals surface area contributed by atoms with Crippen LogP contribution in [0.3, 0.4) is 0 Å². The van der Waals surface area contributed by atoms with E-state index in [9.17, 15) is 9.59 Å². The standard InChI is InChI=1S/C42H84N2O3.ClH/c1-4-6-8-10-12-14-16-18-20-22-24-26-28-30-32-35-41(45)43-37-34-38-44(3)39-40-47-42(46)36-33-31-29-27-25-23-21-19-17-15-13-11-9-7-5-2;/h4-40H2,1-3H3,(H,43,45);1H. The Kier molecular flexibility index (Phi) is 43.5. The van der Waals surface area contributed by atoms with Crippen LogP contribution in [-0.2, 0) is 14.3 Å². The Hall–Kier alpha value is -0.810. The monoisotopic (exact) mass is 701 g/mol. The zero-order valence-corrected chi connectivity index (χ0v) is 33.6. The molecule has 0 aliphatic carbocycles. The first kappa shape index (κ1) is 49.3. The van der Waals surface area contributed by atoms with Crippen molar-refractivity contribution in [2.24, 2.45) is 0 Å². The molecule has 1 N–H and O–H groups in total. The molecule has 0 heterocycles. The molecular formula is C42H85ClN2O3. The molecule has 5 nitrogen and oxygen atoms in total. The number of unbranched alkanes of at least 4 members (excludes halogenated alkanes) is 28. The first-order chi connectivity index (χ1) is 23.1. The summed E-state index contributed by atoms with van der Waals surface area (Å²) in [5.41, 5.74) is 0. The molecule has 0 fully saturated rings. The molecule has 0 aromatic heterocycles. The average molecular weight is 702 g/mol. The molecule has 48 heavy (non-hydrogen) atoms. The van der Waals surface area contributed by atoms with Gasteiger partial charge in [-0.1, -0.05) is 194 Å². The Morgan fingerprint density at radius 3 is 1.17 bits per heavy atom. The summed E-state index contributed by atoms with van der Waals surface area (Å²) in [5.74, 6) is 0.134. The molecule has 0 aromatic carbocycles. The lowest BCUT2D eigenvalue weighted by Crippen LogP contribution is -2.30. The lowest BCUT2D eigenvalue weighted by molar-refractivity contribution is -0.144. The third-order valence-corrected chi connectivity index (χ3v) is 9.77. The lowest BCUT2D eigenvalue weighted by Gasteiger charge is -2.16. The maximum atomic E-state index is 12.1. The van der Waals surface area contributed by atoms with E-state index in [2.05, 4.69) is 31.1 Å². The van der Waals surface area contributed by atoms with E-state index in [1.807, 2.05) is 0 Å². The van der Waals surface area contributed by atoms with Crippen molar-refractivity contribution in [1.29, 1.82) is 0 Å². The number of halogens is 1. The summed E-state index contributed by atoms with van der Waals surface area (Å²) in [6.45, 7) is 7.39. The Bertz CT molecular complexity index is 648. The normalized spacial score (nSPS) is 11.2. The van der Waals surface area contributed by atoms with Gasteiger partial charge in [0.25, 0.3) is 0 Å². The second kappa shape index (κ2) is 42.4. The number of likely N-dealkylation sites (N-methyl/N-ethyl adjacent to an activating group) is 1. The molecule has 0 aromatic rings. The molecule has 0 unspecified atom stereocenters. The Morgan fingerprint density at radius 1 is 0.458 bits per heavy atom. The fourth-order valence-electron chi connectivity index (χ4n) is 6.46. The molecule has 0 aliphatic rings. The van der Waals surface area contributed by atoms with E-state index in [0.29, 0.717) is 19.4 Å². The van der Waals surface area contributed by atoms with Crippen LogP contribution in [-0.4, -0.2) is 50.1 Å². The predicted octanol–water partition coefficient (Wildman–Crippen LogP) is 12.9. The van der Waals surface area contributed by atoms with E-state index >= 15 is 0 Å². The highest BCUT2D eigenvalue weighted by atomic mass is 35.5. The van der Waals surface area contributed by atoms with Crippen LogP contribution in [0.4, 0.5) is 0 Å². The molecule has 6 heteroatoms. The summed E-state index contributed by atoms with van der Waals surface area (Å²) in [7, 11) is 2.06. The highest BCUT2D eigenvalue weighted by Crippen LogP contribution is 2.15. The van der Waals surface area contributed by atoms with Gasteiger partial charge in [0, 0.05) is 25.9 Å². The Morgan fingerprint density at radius 2 is 0.792 bits per heavy atom. The van der Waals surface area contributed by atoms with Crippen LogP contribution in [0, 0.1) is 0 Å². The lowest BCUT2D eigenvalue weighted by atomic mass is 10.0. The molecule has 288 valence electrons. The van der Waals surface area contributed by atoms with Crippen molar-refractivity contribution < 1.29 is 14.3 Å². The predicted molar refractivity (Wildman–Crippen MR) is 212 cm³/mol. The van der Waals surface area contributed by atoms with Crippen molar-refractivity contribution >= 4 is 24.3 Å². The highest BCUT2D eigenvalue weighted by molar-refractivity contribution is 5.85. The number of nitrogens with one attached hydrogen (secondary N) is 1. The van der Waals surface area contributed by atoms with Crippen LogP contribution in [0.2, 0.25) is 0 Å². The summed E-state index contributed by atoms with van der Waals surface area (Å²) in [6.07, 6.45) is 42.4. The topological polar surface area (TPSA) is 58.6 Å². The van der Waals surface area contributed by atoms with Crippen molar-refractivity contribution in [2.75, 3.05) is 33.3 Å². The second-order valence-corrected chi connectivity index (χ2v) is 14.6. The molecule has 1 amide bonds. The van der Waals surface area contributed by atoms with Gasteiger partial charge in [0.1, 0.15) is 6.61 Å². The van der Waals surface area contributed by atoms with Gasteiger partial charge in [-0.3, -0.25) is 9.59 Å². The molecular weight excluding hydrogens is 616 g/mol. The number of carbonyl (C=O) groups is 2. The van der Waals surface area contributed by atoms with Gasteiger partial charge in [-0.15, -0.1) is 12.4 Å². The maximum Gasteiger partial charge on any atom is 0.305 e.